The molecule has 0 N–H and O–H groups in total. The number of rotatable bonds is 4. The lowest BCUT2D eigenvalue weighted by atomic mass is 10.2. The van der Waals surface area contributed by atoms with Gasteiger partial charge in [0.25, 0.3) is 0 Å². The minimum atomic E-state index is 0.670. The Morgan fingerprint density at radius 2 is 2.07 bits per heavy atom. The van der Waals surface area contributed by atoms with E-state index in [4.69, 9.17) is 0 Å². The lowest BCUT2D eigenvalue weighted by molar-refractivity contribution is 0.573. The van der Waals surface area contributed by atoms with E-state index in [1.165, 1.54) is 5.57 Å². The zero-order chi connectivity index (χ0) is 10.5. The molecule has 78 valence electrons. The molecule has 0 aromatic carbocycles. The number of nitrogens with zero attached hydrogens (tertiary/aromatic N) is 7. The summed E-state index contributed by atoms with van der Waals surface area (Å²) in [6.45, 7) is 3.36. The van der Waals surface area contributed by atoms with Crippen LogP contribution in [0.5, 0.6) is 0 Å². The van der Waals surface area contributed by atoms with Crippen molar-refractivity contribution < 1.29 is 0 Å². The summed E-state index contributed by atoms with van der Waals surface area (Å²) in [5.74, 6) is 0. The van der Waals surface area contributed by atoms with Crippen molar-refractivity contribution in [1.82, 2.24) is 35.2 Å². The monoisotopic (exact) mass is 205 g/mol. The van der Waals surface area contributed by atoms with Crippen LogP contribution in [0.15, 0.2) is 30.4 Å². The average molecular weight is 205 g/mol. The quantitative estimate of drug-likeness (QED) is 0.652. The fourth-order valence-corrected chi connectivity index (χ4v) is 1.22. The molecule has 0 saturated carbocycles. The van der Waals surface area contributed by atoms with Gasteiger partial charge >= 0.3 is 0 Å². The Hall–Kier alpha value is -2.05. The fraction of sp³-hybridized carbons (Fsp3) is 0.375. The second-order valence-electron chi connectivity index (χ2n) is 3.05. The Bertz CT molecular complexity index is 376. The predicted octanol–water partition coefficient (Wildman–Crippen LogP) is -0.0889. The highest BCUT2D eigenvalue weighted by Crippen LogP contribution is 2.01. The first-order valence-electron chi connectivity index (χ1n) is 4.57. The van der Waals surface area contributed by atoms with E-state index >= 15 is 0 Å². The van der Waals surface area contributed by atoms with Crippen LogP contribution in [-0.4, -0.2) is 35.2 Å². The van der Waals surface area contributed by atoms with E-state index in [-0.39, 0.29) is 0 Å². The summed E-state index contributed by atoms with van der Waals surface area (Å²) in [6.07, 6.45) is 7.10. The molecule has 15 heavy (non-hydrogen) atoms. The first-order valence-corrected chi connectivity index (χ1v) is 4.57. The minimum absolute atomic E-state index is 0.670. The second-order valence-corrected chi connectivity index (χ2v) is 3.05. The van der Waals surface area contributed by atoms with Crippen LogP contribution in [0, 0.1) is 0 Å². The predicted molar refractivity (Wildman–Crippen MR) is 51.6 cm³/mol. The van der Waals surface area contributed by atoms with Crippen molar-refractivity contribution in [2.24, 2.45) is 0 Å². The van der Waals surface area contributed by atoms with Gasteiger partial charge in [-0.1, -0.05) is 11.3 Å². The van der Waals surface area contributed by atoms with Gasteiger partial charge in [0, 0.05) is 6.20 Å². The van der Waals surface area contributed by atoms with E-state index in [2.05, 4.69) is 25.8 Å². The number of allylic oxidation sites excluding steroid dienone is 2. The molecule has 0 unspecified atom stereocenters. The largest absolute Gasteiger partial charge is 0.248 e. The number of hydrogen-bond donors (Lipinski definition) is 0. The van der Waals surface area contributed by atoms with Crippen LogP contribution in [0.1, 0.15) is 6.92 Å². The molecule has 2 heterocycles. The zero-order valence-corrected chi connectivity index (χ0v) is 8.35. The molecule has 7 nitrogen and oxygen atoms in total. The van der Waals surface area contributed by atoms with Gasteiger partial charge in [-0.3, -0.25) is 0 Å². The number of hydrogen-bond acceptors (Lipinski definition) is 5. The Balaban J connectivity index is 2.00. The third kappa shape index (κ3) is 2.46. The lowest BCUT2D eigenvalue weighted by Crippen LogP contribution is -2.09. The van der Waals surface area contributed by atoms with Crippen molar-refractivity contribution in [3.8, 4) is 0 Å². The molecule has 0 aliphatic carbocycles. The molecule has 2 rings (SSSR count). The Labute approximate surface area is 86.4 Å². The fourth-order valence-electron chi connectivity index (χ4n) is 1.22. The molecular formula is C8H11N7. The molecule has 0 bridgehead atoms. The number of tetrazole rings is 1. The first-order chi connectivity index (χ1) is 7.38. The lowest BCUT2D eigenvalue weighted by Gasteiger charge is -2.05. The maximum absolute atomic E-state index is 3.90. The highest BCUT2D eigenvalue weighted by atomic mass is 15.5. The van der Waals surface area contributed by atoms with Crippen molar-refractivity contribution in [3.63, 3.8) is 0 Å². The SMILES string of the molecule is C/C=C(/Cn1ccnn1)Cn1cnnn1. The van der Waals surface area contributed by atoms with E-state index in [1.54, 1.807) is 21.9 Å². The smallest absolute Gasteiger partial charge is 0.138 e. The van der Waals surface area contributed by atoms with Gasteiger partial charge in [0.15, 0.2) is 0 Å². The Morgan fingerprint density at radius 1 is 1.20 bits per heavy atom. The van der Waals surface area contributed by atoms with Crippen molar-refractivity contribution >= 4 is 0 Å². The molecule has 0 atom stereocenters. The Kier molecular flexibility index (Phi) is 2.82. The van der Waals surface area contributed by atoms with Crippen LogP contribution in [0.3, 0.4) is 0 Å². The molecule has 0 aliphatic heterocycles. The minimum Gasteiger partial charge on any atom is -0.248 e. The molecular weight excluding hydrogens is 194 g/mol. The van der Waals surface area contributed by atoms with Gasteiger partial charge in [-0.15, -0.1) is 10.2 Å². The third-order valence-electron chi connectivity index (χ3n) is 2.00. The van der Waals surface area contributed by atoms with Crippen LogP contribution < -0.4 is 0 Å². The summed E-state index contributed by atoms with van der Waals surface area (Å²) < 4.78 is 3.44. The molecule has 0 saturated heterocycles. The van der Waals surface area contributed by atoms with Crippen molar-refractivity contribution in [3.05, 3.63) is 30.4 Å². The van der Waals surface area contributed by atoms with Crippen molar-refractivity contribution in [1.29, 1.82) is 0 Å². The zero-order valence-electron chi connectivity index (χ0n) is 8.35. The maximum Gasteiger partial charge on any atom is 0.138 e. The van der Waals surface area contributed by atoms with E-state index in [1.807, 2.05) is 19.2 Å². The molecule has 2 aromatic heterocycles. The van der Waals surface area contributed by atoms with E-state index in [0.717, 1.165) is 0 Å². The summed E-state index contributed by atoms with van der Waals surface area (Å²) in [4.78, 5) is 0. The van der Waals surface area contributed by atoms with Crippen molar-refractivity contribution in [2.75, 3.05) is 0 Å². The van der Waals surface area contributed by atoms with E-state index in [9.17, 15) is 0 Å². The highest BCUT2D eigenvalue weighted by Gasteiger charge is 2.01. The molecule has 2 aromatic rings. The van der Waals surface area contributed by atoms with Gasteiger partial charge in [0.05, 0.1) is 19.3 Å². The highest BCUT2D eigenvalue weighted by molar-refractivity contribution is 4.99. The van der Waals surface area contributed by atoms with Gasteiger partial charge < -0.3 is 0 Å². The first kappa shape index (κ1) is 9.50. The van der Waals surface area contributed by atoms with Gasteiger partial charge in [-0.05, 0) is 22.9 Å². The van der Waals surface area contributed by atoms with E-state index in [0.29, 0.717) is 13.1 Å². The molecule has 7 heteroatoms. The van der Waals surface area contributed by atoms with Crippen LogP contribution >= 0.6 is 0 Å². The van der Waals surface area contributed by atoms with Gasteiger partial charge in [-0.25, -0.2) is 9.36 Å². The second kappa shape index (κ2) is 4.45. The van der Waals surface area contributed by atoms with Gasteiger partial charge in [-0.2, -0.15) is 0 Å². The molecule has 0 radical (unpaired) electrons. The Morgan fingerprint density at radius 3 is 2.67 bits per heavy atom. The van der Waals surface area contributed by atoms with E-state index < -0.39 is 0 Å². The molecule has 0 fully saturated rings. The summed E-state index contributed by atoms with van der Waals surface area (Å²) in [5.41, 5.74) is 1.17. The average Bonchev–Trinajstić information content (AvgIpc) is 2.89. The summed E-state index contributed by atoms with van der Waals surface area (Å²) in [5, 5.41) is 18.6. The molecule has 0 spiro atoms. The van der Waals surface area contributed by atoms with Crippen molar-refractivity contribution in [2.45, 2.75) is 20.0 Å². The molecule has 0 amide bonds. The van der Waals surface area contributed by atoms with Crippen LogP contribution in [0.4, 0.5) is 0 Å². The van der Waals surface area contributed by atoms with Gasteiger partial charge in [0.1, 0.15) is 6.33 Å². The standard InChI is InChI=1S/C8H11N7/c1-2-8(5-14-4-3-9-12-14)6-15-7-10-11-13-15/h2-4,7H,5-6H2,1H3/b8-2-. The summed E-state index contributed by atoms with van der Waals surface area (Å²) in [6, 6.07) is 0. The van der Waals surface area contributed by atoms with Crippen LogP contribution in [0.25, 0.3) is 0 Å². The third-order valence-corrected chi connectivity index (χ3v) is 2.00. The van der Waals surface area contributed by atoms with Gasteiger partial charge in [0.2, 0.25) is 0 Å². The normalized spacial score (nSPS) is 11.9. The summed E-state index contributed by atoms with van der Waals surface area (Å²) >= 11 is 0. The number of aromatic nitrogens is 7. The summed E-state index contributed by atoms with van der Waals surface area (Å²) in [7, 11) is 0. The molecule has 0 aliphatic rings. The topological polar surface area (TPSA) is 74.3 Å². The maximum atomic E-state index is 3.90. The van der Waals surface area contributed by atoms with Crippen LogP contribution in [0.2, 0.25) is 0 Å². The van der Waals surface area contributed by atoms with Crippen LogP contribution in [-0.2, 0) is 13.1 Å².